The molecule has 2 saturated carbocycles. The molecular formula is C18H26ClN3O3. The van der Waals surface area contributed by atoms with Crippen molar-refractivity contribution in [2.24, 2.45) is 23.5 Å². The molecule has 3 N–H and O–H groups in total. The van der Waals surface area contributed by atoms with Gasteiger partial charge in [-0.1, -0.05) is 6.07 Å². The lowest BCUT2D eigenvalue weighted by Gasteiger charge is -2.27. The minimum atomic E-state index is -0.114. The summed E-state index contributed by atoms with van der Waals surface area (Å²) >= 11 is 0. The number of benzene rings is 1. The molecule has 0 spiro atoms. The Morgan fingerprint density at radius 2 is 2.00 bits per heavy atom. The minimum Gasteiger partial charge on any atom is -0.484 e. The Bertz CT molecular complexity index is 636. The van der Waals surface area contributed by atoms with E-state index in [2.05, 4.69) is 5.32 Å². The number of likely N-dealkylation sites (N-methyl/N-ethyl adjacent to an activating group) is 1. The third kappa shape index (κ3) is 4.25. The van der Waals surface area contributed by atoms with Gasteiger partial charge in [0.25, 0.3) is 5.91 Å². The predicted octanol–water partition coefficient (Wildman–Crippen LogP) is 1.89. The van der Waals surface area contributed by atoms with Gasteiger partial charge in [0.05, 0.1) is 5.92 Å². The molecule has 25 heavy (non-hydrogen) atoms. The first-order valence-corrected chi connectivity index (χ1v) is 8.45. The molecule has 3 rings (SSSR count). The maximum absolute atomic E-state index is 12.6. The molecule has 1 aromatic rings. The monoisotopic (exact) mass is 367 g/mol. The highest BCUT2D eigenvalue weighted by Gasteiger charge is 2.49. The van der Waals surface area contributed by atoms with Crippen LogP contribution in [0.2, 0.25) is 0 Å². The van der Waals surface area contributed by atoms with Crippen molar-refractivity contribution in [1.82, 2.24) is 4.90 Å². The molecular weight excluding hydrogens is 342 g/mol. The molecule has 138 valence electrons. The van der Waals surface area contributed by atoms with Crippen LogP contribution in [-0.4, -0.2) is 43.5 Å². The number of fused-ring (bicyclic) bond motifs is 2. The van der Waals surface area contributed by atoms with Crippen molar-refractivity contribution >= 4 is 29.9 Å². The van der Waals surface area contributed by atoms with E-state index in [4.69, 9.17) is 10.5 Å². The second kappa shape index (κ2) is 8.06. The lowest BCUT2D eigenvalue weighted by Crippen LogP contribution is -2.42. The molecule has 2 fully saturated rings. The smallest absolute Gasteiger partial charge is 0.259 e. The summed E-state index contributed by atoms with van der Waals surface area (Å²) in [6, 6.07) is 7.09. The molecule has 2 aliphatic rings. The van der Waals surface area contributed by atoms with Gasteiger partial charge in [0.1, 0.15) is 5.75 Å². The zero-order valence-corrected chi connectivity index (χ0v) is 15.4. The van der Waals surface area contributed by atoms with E-state index in [0.29, 0.717) is 23.3 Å². The van der Waals surface area contributed by atoms with Gasteiger partial charge in [-0.25, -0.2) is 0 Å². The maximum Gasteiger partial charge on any atom is 0.259 e. The molecule has 0 saturated heterocycles. The Morgan fingerprint density at radius 1 is 1.28 bits per heavy atom. The zero-order chi connectivity index (χ0) is 17.3. The van der Waals surface area contributed by atoms with Crippen LogP contribution in [0.25, 0.3) is 0 Å². The Balaban J connectivity index is 0.00000225. The third-order valence-corrected chi connectivity index (χ3v) is 5.25. The number of ether oxygens (including phenoxy) is 1. The van der Waals surface area contributed by atoms with Crippen molar-refractivity contribution in [3.63, 3.8) is 0 Å². The highest BCUT2D eigenvalue weighted by atomic mass is 35.5. The summed E-state index contributed by atoms with van der Waals surface area (Å²) in [6.07, 6.45) is 3.33. The van der Waals surface area contributed by atoms with Crippen molar-refractivity contribution in [2.75, 3.05) is 26.0 Å². The van der Waals surface area contributed by atoms with E-state index in [0.717, 1.165) is 19.3 Å². The van der Waals surface area contributed by atoms with E-state index >= 15 is 0 Å². The van der Waals surface area contributed by atoms with E-state index in [-0.39, 0.29) is 42.8 Å². The van der Waals surface area contributed by atoms with Gasteiger partial charge in [0.2, 0.25) is 5.91 Å². The van der Waals surface area contributed by atoms with Gasteiger partial charge in [0.15, 0.2) is 6.61 Å². The summed E-state index contributed by atoms with van der Waals surface area (Å²) in [5.41, 5.74) is 6.90. The first-order valence-electron chi connectivity index (χ1n) is 8.45. The van der Waals surface area contributed by atoms with Crippen LogP contribution in [0.5, 0.6) is 5.75 Å². The highest BCUT2D eigenvalue weighted by molar-refractivity contribution is 5.93. The van der Waals surface area contributed by atoms with Crippen LogP contribution in [0.3, 0.4) is 0 Å². The summed E-state index contributed by atoms with van der Waals surface area (Å²) in [7, 11) is 3.36. The SMILES string of the molecule is CN(C)C(=O)COc1cccc(NC(=O)C2C3CCC(C3)C2N)c1.Cl. The fraction of sp³-hybridized carbons (Fsp3) is 0.556. The number of amides is 2. The van der Waals surface area contributed by atoms with Crippen molar-refractivity contribution in [3.05, 3.63) is 24.3 Å². The number of carbonyl (C=O) groups is 2. The van der Waals surface area contributed by atoms with Crippen LogP contribution in [0.4, 0.5) is 5.69 Å². The summed E-state index contributed by atoms with van der Waals surface area (Å²) in [5, 5.41) is 2.96. The van der Waals surface area contributed by atoms with Crippen molar-refractivity contribution in [1.29, 1.82) is 0 Å². The Labute approximate surface area is 154 Å². The van der Waals surface area contributed by atoms with Crippen molar-refractivity contribution < 1.29 is 14.3 Å². The Morgan fingerprint density at radius 3 is 2.64 bits per heavy atom. The third-order valence-electron chi connectivity index (χ3n) is 5.25. The number of anilines is 1. The van der Waals surface area contributed by atoms with Crippen LogP contribution >= 0.6 is 12.4 Å². The number of nitrogens with two attached hydrogens (primary N) is 1. The molecule has 4 unspecified atom stereocenters. The molecule has 6 nitrogen and oxygen atoms in total. The maximum atomic E-state index is 12.6. The fourth-order valence-electron chi connectivity index (χ4n) is 3.89. The summed E-state index contributed by atoms with van der Waals surface area (Å²) in [5.74, 6) is 1.26. The Hall–Kier alpha value is -1.79. The van der Waals surface area contributed by atoms with Crippen LogP contribution in [-0.2, 0) is 9.59 Å². The highest BCUT2D eigenvalue weighted by Crippen LogP contribution is 2.47. The van der Waals surface area contributed by atoms with Crippen molar-refractivity contribution in [3.8, 4) is 5.75 Å². The first-order chi connectivity index (χ1) is 11.5. The van der Waals surface area contributed by atoms with E-state index in [1.165, 1.54) is 4.90 Å². The molecule has 0 radical (unpaired) electrons. The van der Waals surface area contributed by atoms with Crippen LogP contribution in [0.15, 0.2) is 24.3 Å². The van der Waals surface area contributed by atoms with Crippen LogP contribution in [0.1, 0.15) is 19.3 Å². The first kappa shape index (κ1) is 19.5. The number of hydrogen-bond donors (Lipinski definition) is 2. The molecule has 2 amide bonds. The number of hydrogen-bond acceptors (Lipinski definition) is 4. The van der Waals surface area contributed by atoms with Crippen LogP contribution in [0, 0.1) is 17.8 Å². The fourth-order valence-corrected chi connectivity index (χ4v) is 3.89. The summed E-state index contributed by atoms with van der Waals surface area (Å²) in [4.78, 5) is 25.6. The van der Waals surface area contributed by atoms with Gasteiger partial charge in [0, 0.05) is 31.9 Å². The molecule has 0 aromatic heterocycles. The molecule has 0 heterocycles. The normalized spacial score (nSPS) is 26.7. The standard InChI is InChI=1S/C18H25N3O3.ClH/c1-21(2)15(22)10-24-14-5-3-4-13(9-14)20-18(23)16-11-6-7-12(8-11)17(16)19;/h3-5,9,11-12,16-17H,6-8,10,19H2,1-2H3,(H,20,23);1H. The topological polar surface area (TPSA) is 84.7 Å². The van der Waals surface area contributed by atoms with Gasteiger partial charge < -0.3 is 20.7 Å². The largest absolute Gasteiger partial charge is 0.484 e. The van der Waals surface area contributed by atoms with Crippen molar-refractivity contribution in [2.45, 2.75) is 25.3 Å². The van der Waals surface area contributed by atoms with Crippen LogP contribution < -0.4 is 15.8 Å². The lowest BCUT2D eigenvalue weighted by atomic mass is 9.84. The van der Waals surface area contributed by atoms with E-state index in [1.807, 2.05) is 6.07 Å². The number of halogens is 1. The minimum absolute atomic E-state index is 0. The summed E-state index contributed by atoms with van der Waals surface area (Å²) < 4.78 is 5.48. The average molecular weight is 368 g/mol. The number of nitrogens with zero attached hydrogens (tertiary/aromatic N) is 1. The van der Waals surface area contributed by atoms with Gasteiger partial charge in [-0.3, -0.25) is 9.59 Å². The van der Waals surface area contributed by atoms with E-state index < -0.39 is 0 Å². The number of carbonyl (C=O) groups excluding carboxylic acids is 2. The van der Waals surface area contributed by atoms with Gasteiger partial charge in [-0.2, -0.15) is 0 Å². The molecule has 4 atom stereocenters. The lowest BCUT2D eigenvalue weighted by molar-refractivity contribution is -0.130. The van der Waals surface area contributed by atoms with E-state index in [1.54, 1.807) is 32.3 Å². The second-order valence-corrected chi connectivity index (χ2v) is 7.03. The van der Waals surface area contributed by atoms with E-state index in [9.17, 15) is 9.59 Å². The van der Waals surface area contributed by atoms with Gasteiger partial charge >= 0.3 is 0 Å². The predicted molar refractivity (Wildman–Crippen MR) is 98.8 cm³/mol. The quantitative estimate of drug-likeness (QED) is 0.832. The molecule has 0 aliphatic heterocycles. The van der Waals surface area contributed by atoms with Gasteiger partial charge in [-0.15, -0.1) is 12.4 Å². The molecule has 1 aromatic carbocycles. The summed E-state index contributed by atoms with van der Waals surface area (Å²) in [6.45, 7) is -0.0261. The second-order valence-electron chi connectivity index (χ2n) is 7.03. The number of nitrogens with one attached hydrogen (secondary N) is 1. The zero-order valence-electron chi connectivity index (χ0n) is 14.6. The molecule has 2 aliphatic carbocycles. The number of rotatable bonds is 5. The van der Waals surface area contributed by atoms with Gasteiger partial charge in [-0.05, 0) is 43.2 Å². The molecule has 2 bridgehead atoms. The molecule has 7 heteroatoms. The average Bonchev–Trinajstić information content (AvgIpc) is 3.13. The Kier molecular flexibility index (Phi) is 6.30.